The number of methoxy groups -OCH3 is 2. The van der Waals surface area contributed by atoms with E-state index in [9.17, 15) is 10.1 Å². The van der Waals surface area contributed by atoms with Gasteiger partial charge in [0, 0.05) is 21.2 Å². The van der Waals surface area contributed by atoms with Crippen LogP contribution in [0, 0.1) is 18.3 Å². The molecule has 0 bridgehead atoms. The topological polar surface area (TPSA) is 98.7 Å². The van der Waals surface area contributed by atoms with Gasteiger partial charge in [0.2, 0.25) is 0 Å². The maximum atomic E-state index is 13.9. The highest BCUT2D eigenvalue weighted by Crippen LogP contribution is 2.36. The van der Waals surface area contributed by atoms with E-state index in [0.29, 0.717) is 39.4 Å². The zero-order valence-electron chi connectivity index (χ0n) is 25.1. The van der Waals surface area contributed by atoms with Crippen LogP contribution in [0.3, 0.4) is 0 Å². The standard InChI is InChI=1S/C35H31BrN4O4/c1-21(2)28-17-29(22(3)14-31(28)42-4)34-39-30-13-9-8-12-27(30)35(41)40(34)38-19-25-15-26(36)16-32(43-5)33(25)44-20-24-11-7-6-10-23(24)18-37/h6-17,19,21H,20H2,1-5H3. The first kappa shape index (κ1) is 30.5. The summed E-state index contributed by atoms with van der Waals surface area (Å²) < 4.78 is 19.6. The molecule has 0 atom stereocenters. The van der Waals surface area contributed by atoms with Gasteiger partial charge in [0.1, 0.15) is 12.4 Å². The molecule has 1 aromatic heterocycles. The van der Waals surface area contributed by atoms with Gasteiger partial charge in [-0.3, -0.25) is 4.79 Å². The van der Waals surface area contributed by atoms with E-state index in [-0.39, 0.29) is 18.1 Å². The summed E-state index contributed by atoms with van der Waals surface area (Å²) in [6, 6.07) is 24.3. The lowest BCUT2D eigenvalue weighted by atomic mass is 9.96. The van der Waals surface area contributed by atoms with E-state index in [1.165, 1.54) is 4.68 Å². The average molecular weight is 652 g/mol. The second kappa shape index (κ2) is 13.1. The van der Waals surface area contributed by atoms with Gasteiger partial charge in [0.05, 0.1) is 43.0 Å². The van der Waals surface area contributed by atoms with E-state index in [1.54, 1.807) is 44.7 Å². The Morgan fingerprint density at radius 2 is 1.75 bits per heavy atom. The third kappa shape index (κ3) is 6.08. The summed E-state index contributed by atoms with van der Waals surface area (Å²) in [5.41, 5.74) is 4.73. The number of para-hydroxylation sites is 1. The minimum atomic E-state index is -0.310. The van der Waals surface area contributed by atoms with Gasteiger partial charge in [0.15, 0.2) is 17.3 Å². The fourth-order valence-electron chi connectivity index (χ4n) is 4.99. The Balaban J connectivity index is 1.68. The predicted octanol–water partition coefficient (Wildman–Crippen LogP) is 7.61. The summed E-state index contributed by atoms with van der Waals surface area (Å²) in [6.45, 7) is 6.27. The monoisotopic (exact) mass is 650 g/mol. The molecule has 0 aliphatic heterocycles. The molecule has 9 heteroatoms. The Bertz CT molecular complexity index is 1990. The van der Waals surface area contributed by atoms with Crippen LogP contribution in [-0.4, -0.2) is 30.1 Å². The molecule has 4 aromatic carbocycles. The molecule has 222 valence electrons. The number of fused-ring (bicyclic) bond motifs is 1. The Labute approximate surface area is 264 Å². The molecule has 5 aromatic rings. The van der Waals surface area contributed by atoms with Crippen molar-refractivity contribution in [2.45, 2.75) is 33.3 Å². The molecule has 0 aliphatic rings. The number of aryl methyl sites for hydroxylation is 1. The zero-order valence-corrected chi connectivity index (χ0v) is 26.7. The van der Waals surface area contributed by atoms with Crippen LogP contribution in [-0.2, 0) is 6.61 Å². The van der Waals surface area contributed by atoms with Crippen LogP contribution >= 0.6 is 15.9 Å². The predicted molar refractivity (Wildman–Crippen MR) is 176 cm³/mol. The molecule has 0 radical (unpaired) electrons. The molecule has 0 saturated heterocycles. The SMILES string of the molecule is COc1cc(C)c(-c2nc3ccccc3c(=O)n2N=Cc2cc(Br)cc(OC)c2OCc2ccccc2C#N)cc1C(C)C. The molecule has 1 heterocycles. The van der Waals surface area contributed by atoms with Gasteiger partial charge in [0.25, 0.3) is 5.56 Å². The van der Waals surface area contributed by atoms with Crippen molar-refractivity contribution < 1.29 is 14.2 Å². The second-order valence-corrected chi connectivity index (χ2v) is 11.4. The number of nitrogens with zero attached hydrogens (tertiary/aromatic N) is 4. The normalized spacial score (nSPS) is 11.2. The van der Waals surface area contributed by atoms with Crippen LogP contribution < -0.4 is 19.8 Å². The lowest BCUT2D eigenvalue weighted by Crippen LogP contribution is -2.21. The molecule has 0 saturated carbocycles. The second-order valence-electron chi connectivity index (χ2n) is 10.5. The number of rotatable bonds is 9. The quantitative estimate of drug-likeness (QED) is 0.152. The number of hydrogen-bond donors (Lipinski definition) is 0. The summed E-state index contributed by atoms with van der Waals surface area (Å²) in [7, 11) is 3.20. The highest BCUT2D eigenvalue weighted by atomic mass is 79.9. The Morgan fingerprint density at radius 3 is 2.48 bits per heavy atom. The van der Waals surface area contributed by atoms with Gasteiger partial charge >= 0.3 is 0 Å². The van der Waals surface area contributed by atoms with Crippen molar-refractivity contribution in [3.8, 4) is 34.7 Å². The summed E-state index contributed by atoms with van der Waals surface area (Å²) in [6.07, 6.45) is 1.56. The maximum absolute atomic E-state index is 13.9. The number of nitriles is 1. The molecule has 0 spiro atoms. The van der Waals surface area contributed by atoms with Crippen LogP contribution in [0.2, 0.25) is 0 Å². The minimum absolute atomic E-state index is 0.133. The summed E-state index contributed by atoms with van der Waals surface area (Å²) >= 11 is 3.54. The van der Waals surface area contributed by atoms with Crippen molar-refractivity contribution in [2.24, 2.45) is 5.10 Å². The molecular weight excluding hydrogens is 620 g/mol. The molecule has 0 unspecified atom stereocenters. The van der Waals surface area contributed by atoms with Crippen molar-refractivity contribution in [2.75, 3.05) is 14.2 Å². The van der Waals surface area contributed by atoms with E-state index in [4.69, 9.17) is 24.3 Å². The number of benzene rings is 4. The van der Waals surface area contributed by atoms with Crippen molar-refractivity contribution in [1.29, 1.82) is 5.26 Å². The minimum Gasteiger partial charge on any atom is -0.496 e. The number of halogens is 1. The van der Waals surface area contributed by atoms with Gasteiger partial charge in [-0.1, -0.05) is 60.1 Å². The van der Waals surface area contributed by atoms with E-state index < -0.39 is 0 Å². The first-order chi connectivity index (χ1) is 21.2. The average Bonchev–Trinajstić information content (AvgIpc) is 3.03. The van der Waals surface area contributed by atoms with E-state index in [0.717, 1.165) is 32.5 Å². The molecular formula is C35H31BrN4O4. The van der Waals surface area contributed by atoms with Crippen LogP contribution in [0.25, 0.3) is 22.3 Å². The first-order valence-electron chi connectivity index (χ1n) is 14.0. The smallest absolute Gasteiger partial charge is 0.282 e. The number of ether oxygens (including phenoxy) is 3. The van der Waals surface area contributed by atoms with Crippen molar-refractivity contribution in [3.05, 3.63) is 115 Å². The highest BCUT2D eigenvalue weighted by Gasteiger charge is 2.19. The number of aromatic nitrogens is 2. The Kier molecular flexibility index (Phi) is 9.12. The molecule has 44 heavy (non-hydrogen) atoms. The highest BCUT2D eigenvalue weighted by molar-refractivity contribution is 9.10. The fraction of sp³-hybridized carbons (Fsp3) is 0.200. The van der Waals surface area contributed by atoms with Gasteiger partial charge in [-0.25, -0.2) is 4.98 Å². The van der Waals surface area contributed by atoms with Crippen molar-refractivity contribution in [3.63, 3.8) is 0 Å². The molecule has 0 aliphatic carbocycles. The van der Waals surface area contributed by atoms with E-state index in [2.05, 4.69) is 35.8 Å². The fourth-order valence-corrected chi connectivity index (χ4v) is 5.44. The van der Waals surface area contributed by atoms with E-state index >= 15 is 0 Å². The van der Waals surface area contributed by atoms with Gasteiger partial charge < -0.3 is 14.2 Å². The maximum Gasteiger partial charge on any atom is 0.282 e. The van der Waals surface area contributed by atoms with Gasteiger partial charge in [-0.15, -0.1) is 0 Å². The van der Waals surface area contributed by atoms with Crippen molar-refractivity contribution in [1.82, 2.24) is 9.66 Å². The third-order valence-electron chi connectivity index (χ3n) is 7.28. The first-order valence-corrected chi connectivity index (χ1v) is 14.8. The van der Waals surface area contributed by atoms with E-state index in [1.807, 2.05) is 55.5 Å². The largest absolute Gasteiger partial charge is 0.496 e. The zero-order chi connectivity index (χ0) is 31.4. The molecule has 0 N–H and O–H groups in total. The Hall–Kier alpha value is -4.94. The summed E-state index contributed by atoms with van der Waals surface area (Å²) in [5, 5.41) is 14.7. The van der Waals surface area contributed by atoms with Crippen molar-refractivity contribution >= 4 is 33.0 Å². The number of hydrogen-bond acceptors (Lipinski definition) is 7. The van der Waals surface area contributed by atoms with Crippen LogP contribution in [0.4, 0.5) is 0 Å². The summed E-state index contributed by atoms with van der Waals surface area (Å²) in [5.74, 6) is 2.23. The summed E-state index contributed by atoms with van der Waals surface area (Å²) in [4.78, 5) is 18.9. The van der Waals surface area contributed by atoms with Gasteiger partial charge in [-0.05, 0) is 66.4 Å². The van der Waals surface area contributed by atoms with Gasteiger partial charge in [-0.2, -0.15) is 15.0 Å². The third-order valence-corrected chi connectivity index (χ3v) is 7.74. The van der Waals surface area contributed by atoms with Crippen LogP contribution in [0.5, 0.6) is 17.2 Å². The molecule has 8 nitrogen and oxygen atoms in total. The van der Waals surface area contributed by atoms with Crippen LogP contribution in [0.15, 0.2) is 87.2 Å². The lowest BCUT2D eigenvalue weighted by Gasteiger charge is -2.18. The molecule has 5 rings (SSSR count). The molecule has 0 fully saturated rings. The van der Waals surface area contributed by atoms with Crippen LogP contribution in [0.1, 0.15) is 47.6 Å². The Morgan fingerprint density at radius 1 is 1.02 bits per heavy atom. The lowest BCUT2D eigenvalue weighted by molar-refractivity contribution is 0.283. The molecule has 0 amide bonds.